The van der Waals surface area contributed by atoms with Crippen LogP contribution in [0.15, 0.2) is 54.7 Å². The van der Waals surface area contributed by atoms with Crippen molar-refractivity contribution in [3.05, 3.63) is 71.4 Å². The van der Waals surface area contributed by atoms with Crippen molar-refractivity contribution in [3.8, 4) is 16.9 Å². The van der Waals surface area contributed by atoms with Crippen LogP contribution in [-0.2, 0) is 4.79 Å². The number of hydrogen-bond donors (Lipinski definition) is 2. The van der Waals surface area contributed by atoms with E-state index in [1.54, 1.807) is 10.9 Å². The molecule has 3 aromatic rings. The van der Waals surface area contributed by atoms with Crippen LogP contribution in [0.3, 0.4) is 0 Å². The molecule has 1 aromatic heterocycles. The van der Waals surface area contributed by atoms with E-state index in [9.17, 15) is 9.59 Å². The summed E-state index contributed by atoms with van der Waals surface area (Å²) in [5.74, 6) is -0.557. The van der Waals surface area contributed by atoms with E-state index in [0.29, 0.717) is 11.3 Å². The van der Waals surface area contributed by atoms with Crippen molar-refractivity contribution in [2.24, 2.45) is 0 Å². The maximum atomic E-state index is 12.9. The molecule has 0 radical (unpaired) electrons. The minimum atomic E-state index is -0.332. The van der Waals surface area contributed by atoms with E-state index >= 15 is 0 Å². The quantitative estimate of drug-likeness (QED) is 0.677. The van der Waals surface area contributed by atoms with Gasteiger partial charge in [-0.15, -0.1) is 0 Å². The summed E-state index contributed by atoms with van der Waals surface area (Å²) in [6.07, 6.45) is 1.71. The molecule has 0 spiro atoms. The molecular weight excluding hydrogens is 364 g/mol. The molecule has 0 aliphatic rings. The first-order valence-corrected chi connectivity index (χ1v) is 9.65. The first-order chi connectivity index (χ1) is 13.8. The molecule has 29 heavy (non-hydrogen) atoms. The van der Waals surface area contributed by atoms with Gasteiger partial charge < -0.3 is 10.6 Å². The number of para-hydroxylation sites is 1. The molecule has 6 nitrogen and oxygen atoms in total. The third-order valence-corrected chi connectivity index (χ3v) is 4.48. The van der Waals surface area contributed by atoms with Crippen LogP contribution in [-0.4, -0.2) is 34.2 Å². The Hall–Kier alpha value is -3.41. The Morgan fingerprint density at radius 2 is 1.79 bits per heavy atom. The lowest BCUT2D eigenvalue weighted by atomic mass is 10.0. The highest BCUT2D eigenvalue weighted by atomic mass is 16.2. The number of nitrogens with one attached hydrogen (secondary N) is 2. The summed E-state index contributed by atoms with van der Waals surface area (Å²) >= 11 is 0. The second-order valence-corrected chi connectivity index (χ2v) is 7.39. The van der Waals surface area contributed by atoms with Crippen molar-refractivity contribution in [2.45, 2.75) is 33.7 Å². The standard InChI is InChI=1S/C23H26N4O2/c1-15(2)25-21(28)13-24-23(29)20-14-27(18-8-6-5-7-9-18)26-22(20)19-11-10-16(3)12-17(19)4/h5-12,14-15H,13H2,1-4H3,(H,24,29)(H,25,28). The molecule has 2 N–H and O–H groups in total. The van der Waals surface area contributed by atoms with Gasteiger partial charge in [-0.25, -0.2) is 4.68 Å². The van der Waals surface area contributed by atoms with E-state index < -0.39 is 0 Å². The Morgan fingerprint density at radius 3 is 2.45 bits per heavy atom. The third-order valence-electron chi connectivity index (χ3n) is 4.48. The van der Waals surface area contributed by atoms with E-state index in [1.807, 2.05) is 70.2 Å². The second kappa shape index (κ2) is 8.73. The van der Waals surface area contributed by atoms with Crippen LogP contribution in [0.1, 0.15) is 35.3 Å². The molecule has 0 unspecified atom stereocenters. The molecule has 0 fully saturated rings. The normalized spacial score (nSPS) is 10.8. The lowest BCUT2D eigenvalue weighted by Crippen LogP contribution is -2.39. The minimum Gasteiger partial charge on any atom is -0.352 e. The molecule has 0 atom stereocenters. The molecule has 3 rings (SSSR count). The first-order valence-electron chi connectivity index (χ1n) is 9.65. The highest BCUT2D eigenvalue weighted by Crippen LogP contribution is 2.27. The summed E-state index contributed by atoms with van der Waals surface area (Å²) in [6, 6.07) is 15.7. The number of hydrogen-bond acceptors (Lipinski definition) is 3. The highest BCUT2D eigenvalue weighted by Gasteiger charge is 2.20. The zero-order valence-electron chi connectivity index (χ0n) is 17.2. The Bertz CT molecular complexity index is 1020. The predicted molar refractivity (Wildman–Crippen MR) is 114 cm³/mol. The van der Waals surface area contributed by atoms with E-state index in [4.69, 9.17) is 5.10 Å². The van der Waals surface area contributed by atoms with E-state index in [0.717, 1.165) is 22.4 Å². The van der Waals surface area contributed by atoms with Gasteiger partial charge in [0.05, 0.1) is 17.8 Å². The van der Waals surface area contributed by atoms with Gasteiger partial charge in [-0.3, -0.25) is 9.59 Å². The van der Waals surface area contributed by atoms with Crippen LogP contribution >= 0.6 is 0 Å². The van der Waals surface area contributed by atoms with Gasteiger partial charge >= 0.3 is 0 Å². The van der Waals surface area contributed by atoms with Gasteiger partial charge in [0.2, 0.25) is 5.91 Å². The number of carbonyl (C=O) groups is 2. The van der Waals surface area contributed by atoms with Gasteiger partial charge in [0.15, 0.2) is 0 Å². The molecular formula is C23H26N4O2. The monoisotopic (exact) mass is 390 g/mol. The summed E-state index contributed by atoms with van der Waals surface area (Å²) in [5, 5.41) is 10.2. The fourth-order valence-electron chi connectivity index (χ4n) is 3.16. The maximum absolute atomic E-state index is 12.9. The molecule has 0 aliphatic carbocycles. The molecule has 2 amide bonds. The number of amides is 2. The summed E-state index contributed by atoms with van der Waals surface area (Å²) < 4.78 is 1.69. The molecule has 6 heteroatoms. The number of aryl methyl sites for hydroxylation is 2. The number of nitrogens with zero attached hydrogens (tertiary/aromatic N) is 2. The van der Waals surface area contributed by atoms with Crippen molar-refractivity contribution in [1.29, 1.82) is 0 Å². The van der Waals surface area contributed by atoms with Crippen molar-refractivity contribution < 1.29 is 9.59 Å². The molecule has 0 saturated carbocycles. The van der Waals surface area contributed by atoms with Crippen molar-refractivity contribution >= 4 is 11.8 Å². The molecule has 0 bridgehead atoms. The molecule has 150 valence electrons. The van der Waals surface area contributed by atoms with Crippen LogP contribution in [0.4, 0.5) is 0 Å². The fourth-order valence-corrected chi connectivity index (χ4v) is 3.16. The van der Waals surface area contributed by atoms with E-state index in [1.165, 1.54) is 0 Å². The van der Waals surface area contributed by atoms with Gasteiger partial charge in [-0.2, -0.15) is 5.10 Å². The molecule has 0 saturated heterocycles. The maximum Gasteiger partial charge on any atom is 0.255 e. The summed E-state index contributed by atoms with van der Waals surface area (Å²) in [5.41, 5.74) is 4.95. The summed E-state index contributed by atoms with van der Waals surface area (Å²) in [4.78, 5) is 24.8. The van der Waals surface area contributed by atoms with Crippen molar-refractivity contribution in [1.82, 2.24) is 20.4 Å². The fraction of sp³-hybridized carbons (Fsp3) is 0.261. The first kappa shape index (κ1) is 20.3. The van der Waals surface area contributed by atoms with Gasteiger partial charge in [0, 0.05) is 17.8 Å². The van der Waals surface area contributed by atoms with Gasteiger partial charge in [0.25, 0.3) is 5.91 Å². The van der Waals surface area contributed by atoms with Crippen molar-refractivity contribution in [2.75, 3.05) is 6.54 Å². The average molecular weight is 390 g/mol. The SMILES string of the molecule is Cc1ccc(-c2nn(-c3ccccc3)cc2C(=O)NCC(=O)NC(C)C)c(C)c1. The number of aromatic nitrogens is 2. The Kier molecular flexibility index (Phi) is 6.12. The lowest BCUT2D eigenvalue weighted by molar-refractivity contribution is -0.120. The topological polar surface area (TPSA) is 76.0 Å². The number of benzene rings is 2. The molecule has 2 aromatic carbocycles. The average Bonchev–Trinajstić information content (AvgIpc) is 3.11. The van der Waals surface area contributed by atoms with Crippen LogP contribution in [0.2, 0.25) is 0 Å². The van der Waals surface area contributed by atoms with Gasteiger partial charge in [0.1, 0.15) is 5.69 Å². The van der Waals surface area contributed by atoms with Crippen molar-refractivity contribution in [3.63, 3.8) is 0 Å². The second-order valence-electron chi connectivity index (χ2n) is 7.39. The minimum absolute atomic E-state index is 0.0194. The van der Waals surface area contributed by atoms with Crippen LogP contribution in [0.5, 0.6) is 0 Å². The summed E-state index contributed by atoms with van der Waals surface area (Å²) in [6.45, 7) is 7.70. The Balaban J connectivity index is 1.97. The van der Waals surface area contributed by atoms with E-state index in [-0.39, 0.29) is 24.4 Å². The molecule has 0 aliphatic heterocycles. The Morgan fingerprint density at radius 1 is 1.07 bits per heavy atom. The van der Waals surface area contributed by atoms with Crippen LogP contribution < -0.4 is 10.6 Å². The Labute approximate surface area is 170 Å². The number of rotatable bonds is 6. The van der Waals surface area contributed by atoms with Gasteiger partial charge in [-0.1, -0.05) is 42.0 Å². The van der Waals surface area contributed by atoms with Crippen LogP contribution in [0.25, 0.3) is 16.9 Å². The number of carbonyl (C=O) groups excluding carboxylic acids is 2. The zero-order valence-corrected chi connectivity index (χ0v) is 17.2. The molecule has 1 heterocycles. The van der Waals surface area contributed by atoms with Gasteiger partial charge in [-0.05, 0) is 45.4 Å². The zero-order chi connectivity index (χ0) is 21.0. The third kappa shape index (κ3) is 4.90. The summed E-state index contributed by atoms with van der Waals surface area (Å²) in [7, 11) is 0. The lowest BCUT2D eigenvalue weighted by Gasteiger charge is -2.10. The largest absolute Gasteiger partial charge is 0.352 e. The predicted octanol–water partition coefficient (Wildman–Crippen LogP) is 3.41. The van der Waals surface area contributed by atoms with Crippen LogP contribution in [0, 0.1) is 13.8 Å². The van der Waals surface area contributed by atoms with E-state index in [2.05, 4.69) is 16.7 Å². The smallest absolute Gasteiger partial charge is 0.255 e. The highest BCUT2D eigenvalue weighted by molar-refractivity contribution is 6.01.